The minimum atomic E-state index is -0.539. The average Bonchev–Trinajstić information content (AvgIpc) is 3.45. The molecule has 5 N–H and O–H groups in total. The Hall–Kier alpha value is -4.27. The lowest BCUT2D eigenvalue weighted by Gasteiger charge is -2.26. The number of hydrogen-bond donors (Lipinski definition) is 5. The van der Waals surface area contributed by atoms with Crippen LogP contribution in [0.5, 0.6) is 11.6 Å². The van der Waals surface area contributed by atoms with E-state index in [-0.39, 0.29) is 36.3 Å². The van der Waals surface area contributed by atoms with Gasteiger partial charge in [0.2, 0.25) is 11.8 Å². The maximum atomic E-state index is 11.5. The van der Waals surface area contributed by atoms with Crippen molar-refractivity contribution in [2.24, 2.45) is 4.99 Å². The minimum Gasteiger partial charge on any atom is -0.493 e. The molecule has 0 aliphatic carbocycles. The van der Waals surface area contributed by atoms with Gasteiger partial charge in [-0.05, 0) is 18.2 Å². The second-order valence-corrected chi connectivity index (χ2v) is 8.23. The first-order chi connectivity index (χ1) is 18.1. The van der Waals surface area contributed by atoms with Gasteiger partial charge in [-0.15, -0.1) is 0 Å². The molecule has 3 aromatic heterocycles. The number of anilines is 2. The van der Waals surface area contributed by atoms with Crippen LogP contribution in [0.25, 0.3) is 11.7 Å². The molecule has 1 fully saturated rings. The Morgan fingerprint density at radius 1 is 1.24 bits per heavy atom. The van der Waals surface area contributed by atoms with Crippen LogP contribution < -0.4 is 26.6 Å². The van der Waals surface area contributed by atoms with Gasteiger partial charge in [-0.3, -0.25) is 9.88 Å². The number of benzene rings is 1. The van der Waals surface area contributed by atoms with Crippen molar-refractivity contribution in [3.05, 3.63) is 57.5 Å². The van der Waals surface area contributed by atoms with Crippen molar-refractivity contribution in [3.8, 4) is 11.6 Å². The smallest absolute Gasteiger partial charge is 0.326 e. The molecule has 0 amide bonds. The molecule has 4 aromatic rings. The Bertz CT molecular complexity index is 1540. The zero-order valence-corrected chi connectivity index (χ0v) is 19.9. The van der Waals surface area contributed by atoms with Crippen LogP contribution in [0.2, 0.25) is 0 Å². The molecule has 0 unspecified atom stereocenters. The summed E-state index contributed by atoms with van der Waals surface area (Å²) >= 11 is 0. The zero-order valence-electron chi connectivity index (χ0n) is 19.9. The normalized spacial score (nSPS) is 15.5. The molecule has 37 heavy (non-hydrogen) atoms. The number of aromatic amines is 2. The highest BCUT2D eigenvalue weighted by Gasteiger charge is 2.11. The maximum absolute atomic E-state index is 11.5. The number of nitrogens with one attached hydrogen (secondary N) is 3. The van der Waals surface area contributed by atoms with E-state index >= 15 is 0 Å². The molecule has 194 valence electrons. The second-order valence-electron chi connectivity index (χ2n) is 8.23. The van der Waals surface area contributed by atoms with E-state index in [4.69, 9.17) is 9.47 Å². The minimum absolute atomic E-state index is 0.128. The molecule has 5 rings (SSSR count). The Balaban J connectivity index is 1.41. The largest absolute Gasteiger partial charge is 0.493 e. The SMILES string of the molecule is O=c1[nH]c(O)c(C=c2cnn3c(=NCCO)nc(Nc4cccc(OCCN5CCOCC5)c4)nc23)[nH]1. The summed E-state index contributed by atoms with van der Waals surface area (Å²) in [6.07, 6.45) is 3.05. The fourth-order valence-electron chi connectivity index (χ4n) is 3.85. The van der Waals surface area contributed by atoms with Gasteiger partial charge in [-0.1, -0.05) is 6.07 Å². The van der Waals surface area contributed by atoms with E-state index in [0.29, 0.717) is 28.9 Å². The molecule has 0 saturated carbocycles. The third kappa shape index (κ3) is 5.94. The van der Waals surface area contributed by atoms with Crippen LogP contribution in [0.15, 0.2) is 40.2 Å². The number of fused-ring (bicyclic) bond motifs is 1. The highest BCUT2D eigenvalue weighted by atomic mass is 16.5. The molecule has 1 aromatic carbocycles. The highest BCUT2D eigenvalue weighted by molar-refractivity contribution is 5.60. The molecule has 0 atom stereocenters. The third-order valence-corrected chi connectivity index (χ3v) is 5.64. The van der Waals surface area contributed by atoms with E-state index in [1.54, 1.807) is 0 Å². The molecule has 14 heteroatoms. The number of H-pyrrole nitrogens is 2. The van der Waals surface area contributed by atoms with Crippen molar-refractivity contribution in [1.29, 1.82) is 0 Å². The van der Waals surface area contributed by atoms with Gasteiger partial charge in [0.15, 0.2) is 5.65 Å². The lowest BCUT2D eigenvalue weighted by molar-refractivity contribution is 0.0322. The number of aliphatic hydroxyl groups excluding tert-OH is 1. The summed E-state index contributed by atoms with van der Waals surface area (Å²) in [5, 5.41) is 27.1. The van der Waals surface area contributed by atoms with Crippen LogP contribution in [0.4, 0.5) is 11.6 Å². The molecular weight excluding hydrogens is 482 g/mol. The van der Waals surface area contributed by atoms with E-state index in [9.17, 15) is 15.0 Å². The molecule has 0 radical (unpaired) electrons. The lowest BCUT2D eigenvalue weighted by Crippen LogP contribution is -2.38. The van der Waals surface area contributed by atoms with Gasteiger partial charge >= 0.3 is 5.69 Å². The summed E-state index contributed by atoms with van der Waals surface area (Å²) in [5.74, 6) is 0.652. The zero-order chi connectivity index (χ0) is 25.6. The Kier molecular flexibility index (Phi) is 7.39. The molecule has 0 spiro atoms. The maximum Gasteiger partial charge on any atom is 0.326 e. The first-order valence-electron chi connectivity index (χ1n) is 11.8. The van der Waals surface area contributed by atoms with Crippen molar-refractivity contribution in [2.45, 2.75) is 0 Å². The van der Waals surface area contributed by atoms with E-state index in [2.05, 4.69) is 40.2 Å². The average molecular weight is 510 g/mol. The van der Waals surface area contributed by atoms with Gasteiger partial charge in [0.1, 0.15) is 18.1 Å². The number of ether oxygens (including phenoxy) is 2. The molecule has 4 heterocycles. The van der Waals surface area contributed by atoms with Gasteiger partial charge in [0.25, 0.3) is 5.62 Å². The summed E-state index contributed by atoms with van der Waals surface area (Å²) in [5.41, 5.74) is 0.963. The summed E-state index contributed by atoms with van der Waals surface area (Å²) in [7, 11) is 0. The van der Waals surface area contributed by atoms with Crippen LogP contribution >= 0.6 is 0 Å². The van der Waals surface area contributed by atoms with Crippen molar-refractivity contribution in [1.82, 2.24) is 34.4 Å². The molecule has 14 nitrogen and oxygen atoms in total. The van der Waals surface area contributed by atoms with Crippen LogP contribution in [0.1, 0.15) is 5.69 Å². The molecular formula is C23H27N9O5. The predicted molar refractivity (Wildman–Crippen MR) is 133 cm³/mol. The van der Waals surface area contributed by atoms with Crippen molar-refractivity contribution in [3.63, 3.8) is 0 Å². The molecule has 1 aliphatic rings. The monoisotopic (exact) mass is 509 g/mol. The first kappa shape index (κ1) is 24.4. The topological polar surface area (TPSA) is 178 Å². The van der Waals surface area contributed by atoms with E-state index in [1.807, 2.05) is 24.3 Å². The van der Waals surface area contributed by atoms with Gasteiger partial charge in [-0.25, -0.2) is 9.79 Å². The van der Waals surface area contributed by atoms with Crippen LogP contribution in [0, 0.1) is 0 Å². The van der Waals surface area contributed by atoms with E-state index < -0.39 is 5.69 Å². The number of morpholine rings is 1. The van der Waals surface area contributed by atoms with Crippen LogP contribution in [-0.4, -0.2) is 97.3 Å². The quantitative estimate of drug-likeness (QED) is 0.183. The summed E-state index contributed by atoms with van der Waals surface area (Å²) in [6.45, 7) is 4.65. The van der Waals surface area contributed by atoms with Crippen LogP contribution in [-0.2, 0) is 4.74 Å². The summed E-state index contributed by atoms with van der Waals surface area (Å²) < 4.78 is 12.7. The summed E-state index contributed by atoms with van der Waals surface area (Å²) in [4.78, 5) is 31.9. The standard InChI is InChI=1S/C23H27N9O5/c33-8-4-24-22-30-21(28-19-15(14-25-32(19)22)12-18-20(34)29-23(35)27-18)26-16-2-1-3-17(13-16)37-11-7-31-5-9-36-10-6-31/h1-3,12-14,33-34H,4-11H2,(H,24,26,30)(H2,27,29,35). The number of hydrogen-bond acceptors (Lipinski definition) is 11. The fraction of sp³-hybridized carbons (Fsp3) is 0.348. The van der Waals surface area contributed by atoms with E-state index in [0.717, 1.165) is 32.8 Å². The second kappa shape index (κ2) is 11.2. The lowest BCUT2D eigenvalue weighted by atomic mass is 10.3. The van der Waals surface area contributed by atoms with Gasteiger partial charge in [0.05, 0.1) is 32.6 Å². The number of aromatic hydroxyl groups is 1. The Labute approximate surface area is 209 Å². The molecule has 1 saturated heterocycles. The van der Waals surface area contributed by atoms with E-state index in [1.165, 1.54) is 16.8 Å². The molecule has 1 aliphatic heterocycles. The Morgan fingerprint density at radius 2 is 2.11 bits per heavy atom. The Morgan fingerprint density at radius 3 is 2.89 bits per heavy atom. The number of aromatic nitrogens is 6. The van der Waals surface area contributed by atoms with Gasteiger partial charge in [0, 0.05) is 36.6 Å². The number of rotatable bonds is 9. The fourth-order valence-corrected chi connectivity index (χ4v) is 3.85. The number of imidazole rings is 1. The first-order valence-corrected chi connectivity index (χ1v) is 11.8. The number of nitrogens with zero attached hydrogens (tertiary/aromatic N) is 6. The van der Waals surface area contributed by atoms with Gasteiger partial charge in [-0.2, -0.15) is 19.6 Å². The van der Waals surface area contributed by atoms with Crippen molar-refractivity contribution >= 4 is 23.4 Å². The molecule has 0 bridgehead atoms. The predicted octanol–water partition coefficient (Wildman–Crippen LogP) is -1.26. The van der Waals surface area contributed by atoms with Crippen LogP contribution in [0.3, 0.4) is 0 Å². The summed E-state index contributed by atoms with van der Waals surface area (Å²) in [6, 6.07) is 7.46. The third-order valence-electron chi connectivity index (χ3n) is 5.64. The number of aliphatic hydroxyl groups is 1. The van der Waals surface area contributed by atoms with Crippen molar-refractivity contribution < 1.29 is 19.7 Å². The highest BCUT2D eigenvalue weighted by Crippen LogP contribution is 2.19. The van der Waals surface area contributed by atoms with Crippen molar-refractivity contribution in [2.75, 3.05) is 57.9 Å². The van der Waals surface area contributed by atoms with Gasteiger partial charge < -0.3 is 30.0 Å².